The molecule has 2 saturated carbocycles. The summed E-state index contributed by atoms with van der Waals surface area (Å²) < 4.78 is 2.61. The Morgan fingerprint density at radius 3 is 2.84 bits per heavy atom. The summed E-state index contributed by atoms with van der Waals surface area (Å²) in [5.74, 6) is 2.40. The average molecular weight is 373 g/mol. The lowest BCUT2D eigenvalue weighted by Gasteiger charge is -2.28. The van der Waals surface area contributed by atoms with E-state index in [9.17, 15) is 4.79 Å². The first-order chi connectivity index (χ1) is 9.04. The molecule has 104 valence electrons. The zero-order valence-electron chi connectivity index (χ0n) is 11.4. The fraction of sp³-hybridized carbons (Fsp3) is 0.714. The van der Waals surface area contributed by atoms with Gasteiger partial charge in [-0.1, -0.05) is 6.42 Å². The first-order valence-electron chi connectivity index (χ1n) is 7.04. The lowest BCUT2D eigenvalue weighted by atomic mass is 9.84. The van der Waals surface area contributed by atoms with Gasteiger partial charge in [-0.3, -0.25) is 9.48 Å². The van der Waals surface area contributed by atoms with Gasteiger partial charge in [-0.15, -0.1) is 0 Å². The second-order valence-corrected chi connectivity index (χ2v) is 7.26. The van der Waals surface area contributed by atoms with E-state index in [4.69, 9.17) is 0 Å². The molecule has 0 unspecified atom stereocenters. The van der Waals surface area contributed by atoms with Gasteiger partial charge in [0.2, 0.25) is 0 Å². The van der Waals surface area contributed by atoms with Gasteiger partial charge in [-0.05, 0) is 66.5 Å². The molecule has 1 N–H and O–H groups in total. The number of hydrogen-bond acceptors (Lipinski definition) is 2. The molecule has 2 aliphatic rings. The summed E-state index contributed by atoms with van der Waals surface area (Å²) in [6.07, 6.45) is 7.31. The number of amides is 1. The van der Waals surface area contributed by atoms with E-state index < -0.39 is 0 Å². The third-order valence-electron chi connectivity index (χ3n) is 4.79. The molecule has 0 spiro atoms. The Morgan fingerprint density at radius 1 is 1.53 bits per heavy atom. The predicted molar refractivity (Wildman–Crippen MR) is 81.8 cm³/mol. The van der Waals surface area contributed by atoms with E-state index in [1.54, 1.807) is 4.68 Å². The highest BCUT2D eigenvalue weighted by Gasteiger charge is 2.42. The number of carbonyl (C=O) groups is 1. The van der Waals surface area contributed by atoms with Gasteiger partial charge in [0.25, 0.3) is 5.91 Å². The molecule has 5 heteroatoms. The summed E-state index contributed by atoms with van der Waals surface area (Å²) in [4.78, 5) is 12.3. The van der Waals surface area contributed by atoms with Crippen molar-refractivity contribution in [2.75, 3.05) is 0 Å². The van der Waals surface area contributed by atoms with Gasteiger partial charge in [0.1, 0.15) is 0 Å². The van der Waals surface area contributed by atoms with E-state index in [0.717, 1.165) is 15.4 Å². The monoisotopic (exact) mass is 373 g/mol. The van der Waals surface area contributed by atoms with Crippen molar-refractivity contribution in [2.45, 2.75) is 38.6 Å². The average Bonchev–Trinajstić information content (AvgIpc) is 3.03. The van der Waals surface area contributed by atoms with E-state index in [-0.39, 0.29) is 11.9 Å². The Hall–Kier alpha value is -0.590. The molecule has 1 amide bonds. The van der Waals surface area contributed by atoms with E-state index >= 15 is 0 Å². The second kappa shape index (κ2) is 5.07. The zero-order chi connectivity index (χ0) is 13.6. The molecule has 2 aliphatic carbocycles. The van der Waals surface area contributed by atoms with Gasteiger partial charge >= 0.3 is 0 Å². The molecule has 1 aromatic heterocycles. The van der Waals surface area contributed by atoms with Gasteiger partial charge in [0, 0.05) is 19.3 Å². The van der Waals surface area contributed by atoms with Gasteiger partial charge in [0.05, 0.1) is 3.57 Å². The standard InChI is InChI=1S/C14H20IN3O/c1-8(11-6-9-3-4-10(11)5-9)16-14(19)13-12(15)7-18(2)17-13/h7-11H,3-6H2,1-2H3,(H,16,19)/t8-,9-,10-,11+/m0/s1. The summed E-state index contributed by atoms with van der Waals surface area (Å²) >= 11 is 2.17. The Morgan fingerprint density at radius 2 is 2.32 bits per heavy atom. The molecule has 0 aliphatic heterocycles. The fourth-order valence-electron chi connectivity index (χ4n) is 3.90. The van der Waals surface area contributed by atoms with Crippen molar-refractivity contribution in [2.24, 2.45) is 24.8 Å². The first kappa shape index (κ1) is 13.4. The van der Waals surface area contributed by atoms with Gasteiger partial charge in [-0.2, -0.15) is 5.10 Å². The van der Waals surface area contributed by atoms with Crippen LogP contribution in [-0.2, 0) is 7.05 Å². The summed E-state index contributed by atoms with van der Waals surface area (Å²) in [5, 5.41) is 7.39. The van der Waals surface area contributed by atoms with Crippen molar-refractivity contribution in [3.8, 4) is 0 Å². The molecule has 19 heavy (non-hydrogen) atoms. The number of fused-ring (bicyclic) bond motifs is 2. The lowest BCUT2D eigenvalue weighted by molar-refractivity contribution is 0.0908. The minimum absolute atomic E-state index is 0.0275. The van der Waals surface area contributed by atoms with Crippen LogP contribution in [0.4, 0.5) is 0 Å². The molecular weight excluding hydrogens is 353 g/mol. The molecule has 4 atom stereocenters. The molecule has 1 heterocycles. The summed E-state index contributed by atoms with van der Waals surface area (Å²) in [6, 6.07) is 0.264. The van der Waals surface area contributed by atoms with E-state index in [1.165, 1.54) is 25.7 Å². The molecule has 2 bridgehead atoms. The largest absolute Gasteiger partial charge is 0.348 e. The van der Waals surface area contributed by atoms with Crippen LogP contribution >= 0.6 is 22.6 Å². The van der Waals surface area contributed by atoms with Crippen LogP contribution in [0.2, 0.25) is 0 Å². The molecule has 2 fully saturated rings. The van der Waals surface area contributed by atoms with Crippen LogP contribution in [0.1, 0.15) is 43.1 Å². The van der Waals surface area contributed by atoms with Crippen LogP contribution < -0.4 is 5.32 Å². The third-order valence-corrected chi connectivity index (χ3v) is 5.58. The predicted octanol–water partition coefficient (Wildman–Crippen LogP) is 2.58. The SMILES string of the molecule is C[C@H](NC(=O)c1nn(C)cc1I)[C@H]1C[C@H]2CC[C@H]1C2. The maximum atomic E-state index is 12.3. The normalized spacial score (nSPS) is 30.6. The van der Waals surface area contributed by atoms with Gasteiger partial charge < -0.3 is 5.32 Å². The van der Waals surface area contributed by atoms with Crippen LogP contribution in [0, 0.1) is 21.3 Å². The Kier molecular flexibility index (Phi) is 3.57. The molecule has 0 saturated heterocycles. The summed E-state index contributed by atoms with van der Waals surface area (Å²) in [7, 11) is 1.85. The van der Waals surface area contributed by atoms with Crippen LogP contribution in [0.5, 0.6) is 0 Å². The highest BCUT2D eigenvalue weighted by atomic mass is 127. The Labute approximate surface area is 127 Å². The van der Waals surface area contributed by atoms with Gasteiger partial charge in [0.15, 0.2) is 5.69 Å². The molecule has 1 aromatic rings. The zero-order valence-corrected chi connectivity index (χ0v) is 13.6. The number of aryl methyl sites for hydroxylation is 1. The molecule has 4 nitrogen and oxygen atoms in total. The van der Waals surface area contributed by atoms with Crippen molar-refractivity contribution >= 4 is 28.5 Å². The number of halogens is 1. The molecule has 3 rings (SSSR count). The number of hydrogen-bond donors (Lipinski definition) is 1. The number of nitrogens with one attached hydrogen (secondary N) is 1. The third kappa shape index (κ3) is 2.53. The van der Waals surface area contributed by atoms with E-state index in [2.05, 4.69) is 39.9 Å². The number of nitrogens with zero attached hydrogens (tertiary/aromatic N) is 2. The Balaban J connectivity index is 1.65. The number of aromatic nitrogens is 2. The summed E-state index contributed by atoms with van der Waals surface area (Å²) in [6.45, 7) is 2.15. The highest BCUT2D eigenvalue weighted by molar-refractivity contribution is 14.1. The lowest BCUT2D eigenvalue weighted by Crippen LogP contribution is -2.40. The van der Waals surface area contributed by atoms with Crippen molar-refractivity contribution in [1.82, 2.24) is 15.1 Å². The van der Waals surface area contributed by atoms with Crippen molar-refractivity contribution in [3.05, 3.63) is 15.5 Å². The smallest absolute Gasteiger partial charge is 0.273 e. The minimum atomic E-state index is -0.0275. The number of rotatable bonds is 3. The number of carbonyl (C=O) groups excluding carboxylic acids is 1. The van der Waals surface area contributed by atoms with Crippen molar-refractivity contribution in [1.29, 1.82) is 0 Å². The molecule has 0 aromatic carbocycles. The summed E-state index contributed by atoms with van der Waals surface area (Å²) in [5.41, 5.74) is 0.554. The maximum Gasteiger partial charge on any atom is 0.273 e. The van der Waals surface area contributed by atoms with Crippen LogP contribution in [0.15, 0.2) is 6.20 Å². The maximum absolute atomic E-state index is 12.3. The van der Waals surface area contributed by atoms with E-state index in [1.807, 2.05) is 13.2 Å². The van der Waals surface area contributed by atoms with Crippen molar-refractivity contribution in [3.63, 3.8) is 0 Å². The molecular formula is C14H20IN3O. The van der Waals surface area contributed by atoms with Gasteiger partial charge in [-0.25, -0.2) is 0 Å². The topological polar surface area (TPSA) is 46.9 Å². The van der Waals surface area contributed by atoms with Crippen LogP contribution in [-0.4, -0.2) is 21.7 Å². The van der Waals surface area contributed by atoms with Crippen LogP contribution in [0.25, 0.3) is 0 Å². The quantitative estimate of drug-likeness (QED) is 0.828. The van der Waals surface area contributed by atoms with Crippen molar-refractivity contribution < 1.29 is 4.79 Å². The first-order valence-corrected chi connectivity index (χ1v) is 8.12. The van der Waals surface area contributed by atoms with Crippen LogP contribution in [0.3, 0.4) is 0 Å². The van der Waals surface area contributed by atoms with E-state index in [0.29, 0.717) is 11.6 Å². The minimum Gasteiger partial charge on any atom is -0.348 e. The fourth-order valence-corrected chi connectivity index (χ4v) is 4.66. The second-order valence-electron chi connectivity index (χ2n) is 6.10. The molecule has 0 radical (unpaired) electrons. The highest BCUT2D eigenvalue weighted by Crippen LogP contribution is 2.49. The Bertz CT molecular complexity index is 499.